The highest BCUT2D eigenvalue weighted by Crippen LogP contribution is 2.26. The molecule has 1 aliphatic rings. The van der Waals surface area contributed by atoms with Gasteiger partial charge >= 0.3 is 0 Å². The van der Waals surface area contributed by atoms with E-state index in [0.29, 0.717) is 30.6 Å². The summed E-state index contributed by atoms with van der Waals surface area (Å²) in [5.74, 6) is 0.855. The molecule has 4 rings (SSSR count). The van der Waals surface area contributed by atoms with Crippen LogP contribution in [-0.4, -0.2) is 52.1 Å². The van der Waals surface area contributed by atoms with Crippen LogP contribution in [0.15, 0.2) is 30.5 Å². The first kappa shape index (κ1) is 23.7. The summed E-state index contributed by atoms with van der Waals surface area (Å²) in [5.41, 5.74) is 4.96. The third-order valence-corrected chi connectivity index (χ3v) is 6.76. The molecule has 1 amide bonds. The van der Waals surface area contributed by atoms with Crippen LogP contribution in [0.25, 0.3) is 5.65 Å². The number of nitrogens with zero attached hydrogens (tertiary/aromatic N) is 5. The molecule has 0 aliphatic carbocycles. The Labute approximate surface area is 200 Å². The second-order valence-electron chi connectivity index (χ2n) is 8.86. The molecule has 8 heteroatoms. The Balaban J connectivity index is 1.42. The van der Waals surface area contributed by atoms with Crippen LogP contribution in [0.5, 0.6) is 5.75 Å². The fourth-order valence-corrected chi connectivity index (χ4v) is 4.80. The first-order chi connectivity index (χ1) is 16.5. The van der Waals surface area contributed by atoms with Gasteiger partial charge in [-0.2, -0.15) is 10.4 Å². The number of nitriles is 1. The maximum absolute atomic E-state index is 12.8. The summed E-state index contributed by atoms with van der Waals surface area (Å²) in [6.07, 6.45) is 6.12. The predicted octanol–water partition coefficient (Wildman–Crippen LogP) is 3.50. The molecule has 1 aliphatic heterocycles. The number of carbonyl (C=O) groups is 1. The Kier molecular flexibility index (Phi) is 7.43. The number of ether oxygens (including phenoxy) is 1. The molecule has 34 heavy (non-hydrogen) atoms. The van der Waals surface area contributed by atoms with Gasteiger partial charge in [-0.1, -0.05) is 18.6 Å². The molecule has 0 bridgehead atoms. The van der Waals surface area contributed by atoms with Crippen molar-refractivity contribution in [2.45, 2.75) is 52.0 Å². The van der Waals surface area contributed by atoms with Crippen molar-refractivity contribution in [3.8, 4) is 11.8 Å². The van der Waals surface area contributed by atoms with Gasteiger partial charge in [0, 0.05) is 24.4 Å². The number of benzene rings is 1. The number of aryl methyl sites for hydroxylation is 2. The number of carbonyl (C=O) groups excluding carboxylic acids is 1. The Morgan fingerprint density at radius 2 is 1.94 bits per heavy atom. The largest absolute Gasteiger partial charge is 0.497 e. The van der Waals surface area contributed by atoms with E-state index in [4.69, 9.17) is 4.74 Å². The van der Waals surface area contributed by atoms with E-state index in [9.17, 15) is 10.1 Å². The topological polar surface area (TPSA) is 95.5 Å². The summed E-state index contributed by atoms with van der Waals surface area (Å²) >= 11 is 0. The van der Waals surface area contributed by atoms with Crippen LogP contribution in [0.2, 0.25) is 0 Å². The highest BCUT2D eigenvalue weighted by atomic mass is 16.5. The smallest absolute Gasteiger partial charge is 0.220 e. The van der Waals surface area contributed by atoms with E-state index in [1.54, 1.807) is 11.6 Å². The van der Waals surface area contributed by atoms with Crippen LogP contribution in [-0.2, 0) is 11.2 Å². The summed E-state index contributed by atoms with van der Waals surface area (Å²) < 4.78 is 7.00. The van der Waals surface area contributed by atoms with Gasteiger partial charge in [0.05, 0.1) is 19.3 Å². The van der Waals surface area contributed by atoms with Gasteiger partial charge in [-0.3, -0.25) is 9.69 Å². The van der Waals surface area contributed by atoms with Crippen molar-refractivity contribution < 1.29 is 9.53 Å². The number of hydrogen-bond acceptors (Lipinski definition) is 6. The average Bonchev–Trinajstić information content (AvgIpc) is 3.28. The van der Waals surface area contributed by atoms with Gasteiger partial charge in [0.1, 0.15) is 17.4 Å². The molecular formula is C26H32N6O2. The maximum Gasteiger partial charge on any atom is 0.220 e. The summed E-state index contributed by atoms with van der Waals surface area (Å²) in [6.45, 7) is 6.55. The quantitative estimate of drug-likeness (QED) is 0.553. The van der Waals surface area contributed by atoms with Gasteiger partial charge < -0.3 is 10.1 Å². The monoisotopic (exact) mass is 460 g/mol. The number of piperidine rings is 1. The molecule has 178 valence electrons. The number of amides is 1. The third kappa shape index (κ3) is 5.05. The zero-order valence-corrected chi connectivity index (χ0v) is 20.2. The lowest BCUT2D eigenvalue weighted by atomic mass is 10.0. The zero-order chi connectivity index (χ0) is 24.1. The zero-order valence-electron chi connectivity index (χ0n) is 20.2. The number of aromatic nitrogens is 3. The lowest BCUT2D eigenvalue weighted by Crippen LogP contribution is -2.40. The van der Waals surface area contributed by atoms with Crippen LogP contribution in [0, 0.1) is 25.2 Å². The summed E-state index contributed by atoms with van der Waals surface area (Å²) in [4.78, 5) is 19.9. The first-order valence-corrected chi connectivity index (χ1v) is 11.9. The highest BCUT2D eigenvalue weighted by molar-refractivity contribution is 5.76. The summed E-state index contributed by atoms with van der Waals surface area (Å²) in [6, 6.07) is 10.4. The number of likely N-dealkylation sites (tertiary alicyclic amines) is 1. The molecule has 1 atom stereocenters. The molecular weight excluding hydrogens is 428 g/mol. The van der Waals surface area contributed by atoms with Crippen LogP contribution in [0.4, 0.5) is 0 Å². The van der Waals surface area contributed by atoms with E-state index in [0.717, 1.165) is 35.8 Å². The van der Waals surface area contributed by atoms with Gasteiger partial charge in [-0.05, 0) is 69.5 Å². The second-order valence-corrected chi connectivity index (χ2v) is 8.86. The molecule has 0 saturated carbocycles. The SMILES string of the molecule is COc1ccc(C(CNC(=O)CCc2c(C)nc3c(C#N)cnn3c2C)N2CCCCC2)cc1. The molecule has 1 unspecified atom stereocenters. The highest BCUT2D eigenvalue weighted by Gasteiger charge is 2.23. The van der Waals surface area contributed by atoms with Gasteiger partial charge in [0.15, 0.2) is 5.65 Å². The third-order valence-electron chi connectivity index (χ3n) is 6.76. The summed E-state index contributed by atoms with van der Waals surface area (Å²) in [7, 11) is 1.67. The normalized spacial score (nSPS) is 15.1. The minimum absolute atomic E-state index is 0.0209. The van der Waals surface area contributed by atoms with Crippen LogP contribution < -0.4 is 10.1 Å². The Bertz CT molecular complexity index is 1190. The van der Waals surface area contributed by atoms with E-state index in [-0.39, 0.29) is 11.9 Å². The van der Waals surface area contributed by atoms with Crippen molar-refractivity contribution in [1.82, 2.24) is 24.8 Å². The molecule has 1 fully saturated rings. The van der Waals surface area contributed by atoms with Crippen molar-refractivity contribution in [2.75, 3.05) is 26.7 Å². The lowest BCUT2D eigenvalue weighted by Gasteiger charge is -2.35. The van der Waals surface area contributed by atoms with E-state index >= 15 is 0 Å². The minimum atomic E-state index is 0.0209. The van der Waals surface area contributed by atoms with Crippen LogP contribution >= 0.6 is 0 Å². The number of hydrogen-bond donors (Lipinski definition) is 1. The van der Waals surface area contributed by atoms with Crippen molar-refractivity contribution in [3.05, 3.63) is 58.5 Å². The maximum atomic E-state index is 12.8. The van der Waals surface area contributed by atoms with E-state index in [1.807, 2.05) is 26.0 Å². The van der Waals surface area contributed by atoms with Crippen LogP contribution in [0.1, 0.15) is 59.8 Å². The Hall–Kier alpha value is -3.44. The molecule has 0 radical (unpaired) electrons. The number of nitrogens with one attached hydrogen (secondary N) is 1. The van der Waals surface area contributed by atoms with Gasteiger partial charge in [0.2, 0.25) is 5.91 Å². The van der Waals surface area contributed by atoms with Gasteiger partial charge in [0.25, 0.3) is 0 Å². The molecule has 1 saturated heterocycles. The lowest BCUT2D eigenvalue weighted by molar-refractivity contribution is -0.121. The Morgan fingerprint density at radius 1 is 1.21 bits per heavy atom. The fraction of sp³-hybridized carbons (Fsp3) is 0.462. The molecule has 1 N–H and O–H groups in total. The van der Waals surface area contributed by atoms with E-state index in [1.165, 1.54) is 31.0 Å². The molecule has 8 nitrogen and oxygen atoms in total. The fourth-order valence-electron chi connectivity index (χ4n) is 4.80. The standard InChI is InChI=1S/C26H32N6O2/c1-18-23(19(2)32-26(30-18)21(15-27)16-29-32)11-12-25(33)28-17-24(31-13-5-4-6-14-31)20-7-9-22(34-3)10-8-20/h7-10,16,24H,4-6,11-14,17H2,1-3H3,(H,28,33). The van der Waals surface area contributed by atoms with Crippen molar-refractivity contribution in [3.63, 3.8) is 0 Å². The number of fused-ring (bicyclic) bond motifs is 1. The number of rotatable bonds is 8. The minimum Gasteiger partial charge on any atom is -0.497 e. The van der Waals surface area contributed by atoms with Crippen molar-refractivity contribution >= 4 is 11.6 Å². The van der Waals surface area contributed by atoms with Gasteiger partial charge in [-0.25, -0.2) is 9.50 Å². The van der Waals surface area contributed by atoms with Crippen molar-refractivity contribution in [1.29, 1.82) is 5.26 Å². The Morgan fingerprint density at radius 3 is 2.62 bits per heavy atom. The van der Waals surface area contributed by atoms with Gasteiger partial charge in [-0.15, -0.1) is 0 Å². The van der Waals surface area contributed by atoms with Crippen molar-refractivity contribution in [2.24, 2.45) is 0 Å². The predicted molar refractivity (Wildman–Crippen MR) is 130 cm³/mol. The van der Waals surface area contributed by atoms with E-state index in [2.05, 4.69) is 38.5 Å². The molecule has 2 aromatic heterocycles. The summed E-state index contributed by atoms with van der Waals surface area (Å²) in [5, 5.41) is 16.7. The van der Waals surface area contributed by atoms with Crippen LogP contribution in [0.3, 0.4) is 0 Å². The molecule has 3 heterocycles. The molecule has 0 spiro atoms. The number of methoxy groups -OCH3 is 1. The second kappa shape index (κ2) is 10.7. The van der Waals surface area contributed by atoms with E-state index < -0.39 is 0 Å². The first-order valence-electron chi connectivity index (χ1n) is 11.9. The average molecular weight is 461 g/mol. The molecule has 1 aromatic carbocycles. The molecule has 3 aromatic rings.